The van der Waals surface area contributed by atoms with E-state index in [2.05, 4.69) is 15.3 Å². The Kier molecular flexibility index (Phi) is 5.91. The molecule has 7 nitrogen and oxygen atoms in total. The summed E-state index contributed by atoms with van der Waals surface area (Å²) < 4.78 is 40.2. The minimum absolute atomic E-state index is 0.110. The van der Waals surface area contributed by atoms with Gasteiger partial charge in [0.05, 0.1) is 4.90 Å². The third kappa shape index (κ3) is 4.54. The molecule has 0 radical (unpaired) electrons. The fourth-order valence-corrected chi connectivity index (χ4v) is 4.53. The van der Waals surface area contributed by atoms with E-state index in [9.17, 15) is 12.8 Å². The molecular formula is C18H24FN5O2S. The van der Waals surface area contributed by atoms with Crippen molar-refractivity contribution < 1.29 is 12.8 Å². The van der Waals surface area contributed by atoms with Gasteiger partial charge in [0.1, 0.15) is 11.6 Å². The van der Waals surface area contributed by atoms with Gasteiger partial charge in [0.15, 0.2) is 0 Å². The maximum atomic E-state index is 13.1. The molecule has 0 spiro atoms. The average molecular weight is 393 g/mol. The lowest BCUT2D eigenvalue weighted by Crippen LogP contribution is -2.35. The minimum atomic E-state index is -3.65. The maximum Gasteiger partial charge on any atom is 0.243 e. The number of nitrogens with one attached hydrogen (secondary N) is 1. The summed E-state index contributed by atoms with van der Waals surface area (Å²) in [6, 6.07) is 6.83. The zero-order valence-electron chi connectivity index (χ0n) is 15.5. The number of halogens is 1. The molecule has 0 aliphatic carbocycles. The van der Waals surface area contributed by atoms with E-state index in [1.807, 2.05) is 24.8 Å². The van der Waals surface area contributed by atoms with Gasteiger partial charge in [-0.15, -0.1) is 0 Å². The Balaban J connectivity index is 1.76. The van der Waals surface area contributed by atoms with Crippen molar-refractivity contribution in [2.45, 2.75) is 25.2 Å². The van der Waals surface area contributed by atoms with Crippen LogP contribution in [0.5, 0.6) is 0 Å². The average Bonchev–Trinajstić information content (AvgIpc) is 2.88. The Morgan fingerprint density at radius 3 is 2.56 bits per heavy atom. The van der Waals surface area contributed by atoms with E-state index >= 15 is 0 Å². The smallest absolute Gasteiger partial charge is 0.243 e. The first-order valence-electron chi connectivity index (χ1n) is 9.00. The van der Waals surface area contributed by atoms with Crippen LogP contribution in [0.2, 0.25) is 0 Å². The van der Waals surface area contributed by atoms with Crippen LogP contribution in [0.25, 0.3) is 0 Å². The lowest BCUT2D eigenvalue weighted by molar-refractivity contribution is 0.433. The molecule has 0 saturated carbocycles. The number of sulfonamides is 1. The van der Waals surface area contributed by atoms with Gasteiger partial charge in [-0.05, 0) is 44.5 Å². The molecule has 0 unspecified atom stereocenters. The molecule has 0 amide bonds. The van der Waals surface area contributed by atoms with Crippen LogP contribution in [0.15, 0.2) is 35.2 Å². The number of aryl methyl sites for hydroxylation is 1. The van der Waals surface area contributed by atoms with Gasteiger partial charge >= 0.3 is 0 Å². The highest BCUT2D eigenvalue weighted by Gasteiger charge is 2.27. The van der Waals surface area contributed by atoms with E-state index in [4.69, 9.17) is 0 Å². The topological polar surface area (TPSA) is 78.4 Å². The fraction of sp³-hybridized carbons (Fsp3) is 0.444. The number of aromatic nitrogens is 2. The Bertz CT molecular complexity index is 889. The van der Waals surface area contributed by atoms with Crippen LogP contribution >= 0.6 is 0 Å². The quantitative estimate of drug-likeness (QED) is 0.840. The van der Waals surface area contributed by atoms with Crippen LogP contribution in [0.3, 0.4) is 0 Å². The Morgan fingerprint density at radius 1 is 1.11 bits per heavy atom. The van der Waals surface area contributed by atoms with Gasteiger partial charge in [-0.2, -0.15) is 9.29 Å². The van der Waals surface area contributed by atoms with Crippen LogP contribution in [-0.2, 0) is 10.0 Å². The first-order chi connectivity index (χ1) is 12.9. The summed E-state index contributed by atoms with van der Waals surface area (Å²) in [5, 5.41) is 3.19. The Labute approximate surface area is 159 Å². The number of nitrogens with zero attached hydrogens (tertiary/aromatic N) is 4. The zero-order chi connectivity index (χ0) is 19.4. The van der Waals surface area contributed by atoms with Crippen molar-refractivity contribution in [2.24, 2.45) is 0 Å². The zero-order valence-corrected chi connectivity index (χ0v) is 16.3. The van der Waals surface area contributed by atoms with E-state index in [-0.39, 0.29) is 4.90 Å². The summed E-state index contributed by atoms with van der Waals surface area (Å²) in [4.78, 5) is 11.2. The molecule has 1 aromatic heterocycles. The molecule has 9 heteroatoms. The second kappa shape index (κ2) is 8.18. The van der Waals surface area contributed by atoms with E-state index in [0.717, 1.165) is 18.1 Å². The van der Waals surface area contributed by atoms with E-state index < -0.39 is 15.8 Å². The Hall–Kier alpha value is -2.26. The maximum absolute atomic E-state index is 13.1. The van der Waals surface area contributed by atoms with Crippen LogP contribution < -0.4 is 10.2 Å². The first kappa shape index (κ1) is 19.5. The van der Waals surface area contributed by atoms with Gasteiger partial charge in [0.2, 0.25) is 16.0 Å². The molecule has 0 atom stereocenters. The Morgan fingerprint density at radius 2 is 1.85 bits per heavy atom. The SMILES string of the molecule is CCNc1cc(C)nc(N2CCCN(S(=O)(=O)c3ccc(F)cc3)CC2)n1. The third-order valence-corrected chi connectivity index (χ3v) is 6.30. The molecule has 1 fully saturated rings. The highest BCUT2D eigenvalue weighted by Crippen LogP contribution is 2.20. The van der Waals surface area contributed by atoms with Crippen molar-refractivity contribution in [3.05, 3.63) is 41.8 Å². The molecule has 1 aliphatic heterocycles. The van der Waals surface area contributed by atoms with Crippen LogP contribution in [0, 0.1) is 12.7 Å². The number of anilines is 2. The second-order valence-electron chi connectivity index (χ2n) is 6.42. The lowest BCUT2D eigenvalue weighted by atomic mass is 10.4. The predicted octanol–water partition coefficient (Wildman–Crippen LogP) is 2.26. The summed E-state index contributed by atoms with van der Waals surface area (Å²) in [7, 11) is -3.65. The highest BCUT2D eigenvalue weighted by atomic mass is 32.2. The van der Waals surface area contributed by atoms with E-state index in [1.165, 1.54) is 28.6 Å². The second-order valence-corrected chi connectivity index (χ2v) is 8.36. The molecule has 1 N–H and O–H groups in total. The largest absolute Gasteiger partial charge is 0.370 e. The standard InChI is InChI=1S/C18H24FN5O2S/c1-3-20-17-13-14(2)21-18(22-17)23-9-4-10-24(12-11-23)27(25,26)16-7-5-15(19)6-8-16/h5-8,13H,3-4,9-12H2,1-2H3,(H,20,21,22). The van der Waals surface area contributed by atoms with E-state index in [0.29, 0.717) is 38.5 Å². The van der Waals surface area contributed by atoms with Crippen molar-refractivity contribution in [3.63, 3.8) is 0 Å². The van der Waals surface area contributed by atoms with E-state index in [1.54, 1.807) is 0 Å². The van der Waals surface area contributed by atoms with Crippen molar-refractivity contribution in [1.29, 1.82) is 0 Å². The summed E-state index contributed by atoms with van der Waals surface area (Å²) in [5.41, 5.74) is 0.857. The predicted molar refractivity (Wildman–Crippen MR) is 103 cm³/mol. The number of rotatable bonds is 5. The third-order valence-electron chi connectivity index (χ3n) is 4.39. The molecule has 2 aromatic rings. The normalized spacial score (nSPS) is 16.2. The van der Waals surface area contributed by atoms with Gasteiger partial charge in [0.25, 0.3) is 0 Å². The number of hydrogen-bond acceptors (Lipinski definition) is 6. The summed E-state index contributed by atoms with van der Waals surface area (Å²) in [5.74, 6) is 0.913. The summed E-state index contributed by atoms with van der Waals surface area (Å²) in [6.07, 6.45) is 0.661. The van der Waals surface area contributed by atoms with Crippen molar-refractivity contribution in [3.8, 4) is 0 Å². The fourth-order valence-electron chi connectivity index (χ4n) is 3.06. The minimum Gasteiger partial charge on any atom is -0.370 e. The van der Waals surface area contributed by atoms with Gasteiger partial charge in [-0.25, -0.2) is 17.8 Å². The highest BCUT2D eigenvalue weighted by molar-refractivity contribution is 7.89. The molecule has 1 aromatic carbocycles. The molecule has 2 heterocycles. The van der Waals surface area contributed by atoms with Crippen LogP contribution in [0.1, 0.15) is 19.0 Å². The summed E-state index contributed by atoms with van der Waals surface area (Å²) >= 11 is 0. The molecule has 1 aliphatic rings. The van der Waals surface area contributed by atoms with Crippen LogP contribution in [0.4, 0.5) is 16.2 Å². The monoisotopic (exact) mass is 393 g/mol. The lowest BCUT2D eigenvalue weighted by Gasteiger charge is -2.22. The molecular weight excluding hydrogens is 369 g/mol. The summed E-state index contributed by atoms with van der Waals surface area (Å²) in [6.45, 7) is 6.57. The van der Waals surface area contributed by atoms with Gasteiger partial charge in [0, 0.05) is 44.5 Å². The van der Waals surface area contributed by atoms with Crippen molar-refractivity contribution in [1.82, 2.24) is 14.3 Å². The van der Waals surface area contributed by atoms with Gasteiger partial charge < -0.3 is 10.2 Å². The molecule has 27 heavy (non-hydrogen) atoms. The van der Waals surface area contributed by atoms with Gasteiger partial charge in [-0.1, -0.05) is 0 Å². The molecule has 3 rings (SSSR count). The number of hydrogen-bond donors (Lipinski definition) is 1. The molecule has 1 saturated heterocycles. The molecule has 0 bridgehead atoms. The first-order valence-corrected chi connectivity index (χ1v) is 10.4. The van der Waals surface area contributed by atoms with Crippen molar-refractivity contribution in [2.75, 3.05) is 42.9 Å². The molecule has 146 valence electrons. The number of benzene rings is 1. The van der Waals surface area contributed by atoms with Crippen molar-refractivity contribution >= 4 is 21.8 Å². The van der Waals surface area contributed by atoms with Gasteiger partial charge in [-0.3, -0.25) is 0 Å². The van der Waals surface area contributed by atoms with Crippen LogP contribution in [-0.4, -0.2) is 55.4 Å².